The molecule has 0 saturated carbocycles. The molecule has 2 aliphatic rings. The average molecular weight is 1220 g/mol. The molecule has 86 heavy (non-hydrogen) atoms. The van der Waals surface area contributed by atoms with Crippen LogP contribution in [0.25, 0.3) is 0 Å². The zero-order valence-corrected chi connectivity index (χ0v) is 54.3. The van der Waals surface area contributed by atoms with Crippen LogP contribution in [0.4, 0.5) is 0 Å². The van der Waals surface area contributed by atoms with Crippen LogP contribution in [0.2, 0.25) is 0 Å². The number of aliphatic hydroxyl groups is 8. The highest BCUT2D eigenvalue weighted by molar-refractivity contribution is 5.76. The smallest absolute Gasteiger partial charge is 0.220 e. The van der Waals surface area contributed by atoms with Crippen molar-refractivity contribution in [1.29, 1.82) is 0 Å². The molecule has 9 N–H and O–H groups in total. The Bertz CT molecular complexity index is 1720. The number of carbonyl (C=O) groups excluding carboxylic acids is 1. The Hall–Kier alpha value is -2.57. The van der Waals surface area contributed by atoms with Crippen molar-refractivity contribution in [2.75, 3.05) is 19.8 Å². The number of rotatable bonds is 57. The highest BCUT2D eigenvalue weighted by atomic mass is 16.7. The van der Waals surface area contributed by atoms with Gasteiger partial charge >= 0.3 is 0 Å². The maximum atomic E-state index is 13.3. The first-order chi connectivity index (χ1) is 42.1. The quantitative estimate of drug-likeness (QED) is 0.0204. The Balaban J connectivity index is 1.59. The minimum absolute atomic E-state index is 0.205. The Morgan fingerprint density at radius 1 is 0.430 bits per heavy atom. The summed E-state index contributed by atoms with van der Waals surface area (Å²) in [5.74, 6) is -0.205. The summed E-state index contributed by atoms with van der Waals surface area (Å²) in [5.41, 5.74) is 0. The Morgan fingerprint density at radius 2 is 0.802 bits per heavy atom. The molecule has 12 unspecified atom stereocenters. The topological polar surface area (TPSA) is 228 Å². The Kier molecular flexibility index (Phi) is 52.2. The second-order valence-electron chi connectivity index (χ2n) is 24.6. The Morgan fingerprint density at radius 3 is 1.23 bits per heavy atom. The predicted octanol–water partition coefficient (Wildman–Crippen LogP) is 14.2. The highest BCUT2D eigenvalue weighted by Gasteiger charge is 2.51. The third kappa shape index (κ3) is 40.2. The SMILES string of the molecule is CC/C=C\C/C=C\C/C=C\C/C=C\C/C=C\C/C=C\CCCCCCCCCCCCCCCCCCCCC(=O)NC(COC1OC(CO)C(OC2OC(CO)C(O)C(O)C2O)C(O)C1O)C(O)CCCCCCCCCCCCCCCCC. The molecule has 2 rings (SSSR count). The van der Waals surface area contributed by atoms with Crippen LogP contribution >= 0.6 is 0 Å². The molecule has 12 atom stereocenters. The third-order valence-electron chi connectivity index (χ3n) is 16.9. The fraction of sp³-hybridized carbons (Fsp3) is 0.819. The van der Waals surface area contributed by atoms with Gasteiger partial charge in [0.1, 0.15) is 48.8 Å². The molecule has 0 aromatic heterocycles. The summed E-state index contributed by atoms with van der Waals surface area (Å²) in [6.07, 6.45) is 59.2. The first kappa shape index (κ1) is 79.5. The van der Waals surface area contributed by atoms with E-state index in [4.69, 9.17) is 18.9 Å². The summed E-state index contributed by atoms with van der Waals surface area (Å²) in [6, 6.07) is -0.830. The van der Waals surface area contributed by atoms with Crippen LogP contribution < -0.4 is 5.32 Å². The van der Waals surface area contributed by atoms with E-state index < -0.39 is 86.8 Å². The molecule has 2 fully saturated rings. The van der Waals surface area contributed by atoms with E-state index in [-0.39, 0.29) is 12.5 Å². The number of allylic oxidation sites excluding steroid dienone is 12. The molecule has 2 saturated heterocycles. The molecular weight excluding hydrogens is 1090 g/mol. The number of unbranched alkanes of at least 4 members (excludes halogenated alkanes) is 32. The van der Waals surface area contributed by atoms with Gasteiger partial charge in [0, 0.05) is 6.42 Å². The molecule has 14 heteroatoms. The number of amides is 1. The summed E-state index contributed by atoms with van der Waals surface area (Å²) in [4.78, 5) is 13.3. The first-order valence-corrected chi connectivity index (χ1v) is 35.2. The molecule has 0 bridgehead atoms. The van der Waals surface area contributed by atoms with E-state index >= 15 is 0 Å². The monoisotopic (exact) mass is 1220 g/mol. The lowest BCUT2D eigenvalue weighted by atomic mass is 9.97. The maximum Gasteiger partial charge on any atom is 0.220 e. The van der Waals surface area contributed by atoms with Crippen molar-refractivity contribution in [2.24, 2.45) is 0 Å². The number of aliphatic hydroxyl groups excluding tert-OH is 8. The van der Waals surface area contributed by atoms with Gasteiger partial charge < -0.3 is 65.1 Å². The first-order valence-electron chi connectivity index (χ1n) is 35.2. The zero-order valence-electron chi connectivity index (χ0n) is 54.3. The fourth-order valence-corrected chi connectivity index (χ4v) is 11.4. The number of carbonyl (C=O) groups is 1. The van der Waals surface area contributed by atoms with Crippen molar-refractivity contribution in [3.05, 3.63) is 72.9 Å². The number of hydrogen-bond donors (Lipinski definition) is 9. The van der Waals surface area contributed by atoms with Crippen LogP contribution in [0.5, 0.6) is 0 Å². The second kappa shape index (κ2) is 56.4. The van der Waals surface area contributed by atoms with Gasteiger partial charge in [0.2, 0.25) is 5.91 Å². The number of ether oxygens (including phenoxy) is 4. The molecule has 0 spiro atoms. The molecule has 0 aromatic carbocycles. The standard InChI is InChI=1S/C72H129NO13/c1-3-5-7-9-11-13-15-17-19-20-21-22-23-24-25-26-27-28-29-30-31-32-33-34-35-36-37-38-39-40-42-44-46-48-50-52-54-56-64(77)73-60(61(76)55-53-51-49-47-45-43-41-18-16-14-12-10-8-6-4-2)59-83-71-69(82)67(80)70(63(58-75)85-71)86-72-68(81)66(79)65(78)62(57-74)84-72/h5,7,11,13,17,19,21-22,24-25,27-28,60-63,65-72,74-76,78-82H,3-4,6,8-10,12,14-16,18,20,23,26,29-59H2,1-2H3,(H,73,77)/b7-5-,13-11-,19-17-,22-21-,25-24-,28-27-. The maximum absolute atomic E-state index is 13.3. The van der Waals surface area contributed by atoms with Gasteiger partial charge in [0.15, 0.2) is 12.6 Å². The Labute approximate surface area is 523 Å². The van der Waals surface area contributed by atoms with Gasteiger partial charge in [0.05, 0.1) is 32.0 Å². The van der Waals surface area contributed by atoms with Crippen LogP contribution in [-0.4, -0.2) is 140 Å². The van der Waals surface area contributed by atoms with E-state index in [0.717, 1.165) is 89.9 Å². The summed E-state index contributed by atoms with van der Waals surface area (Å²) in [7, 11) is 0. The largest absolute Gasteiger partial charge is 0.394 e. The molecule has 2 aliphatic heterocycles. The lowest BCUT2D eigenvalue weighted by Gasteiger charge is -2.46. The summed E-state index contributed by atoms with van der Waals surface area (Å²) in [6.45, 7) is 2.77. The van der Waals surface area contributed by atoms with Gasteiger partial charge in [-0.05, 0) is 64.2 Å². The van der Waals surface area contributed by atoms with Gasteiger partial charge in [-0.3, -0.25) is 4.79 Å². The summed E-state index contributed by atoms with van der Waals surface area (Å²) >= 11 is 0. The molecular formula is C72H129NO13. The molecule has 0 radical (unpaired) electrons. The van der Waals surface area contributed by atoms with Gasteiger partial charge in [-0.25, -0.2) is 0 Å². The van der Waals surface area contributed by atoms with Gasteiger partial charge in [0.25, 0.3) is 0 Å². The van der Waals surface area contributed by atoms with Gasteiger partial charge in [-0.1, -0.05) is 286 Å². The summed E-state index contributed by atoms with van der Waals surface area (Å²) < 4.78 is 22.9. The second-order valence-corrected chi connectivity index (χ2v) is 24.6. The molecule has 1 amide bonds. The van der Waals surface area contributed by atoms with Crippen molar-refractivity contribution in [1.82, 2.24) is 5.32 Å². The van der Waals surface area contributed by atoms with Crippen molar-refractivity contribution >= 4 is 5.91 Å². The van der Waals surface area contributed by atoms with E-state index in [1.165, 1.54) is 167 Å². The average Bonchev–Trinajstić information content (AvgIpc) is 1.83. The lowest BCUT2D eigenvalue weighted by Crippen LogP contribution is -2.65. The van der Waals surface area contributed by atoms with Crippen LogP contribution in [0.3, 0.4) is 0 Å². The van der Waals surface area contributed by atoms with E-state index in [2.05, 4.69) is 92.1 Å². The van der Waals surface area contributed by atoms with Crippen LogP contribution in [-0.2, 0) is 23.7 Å². The van der Waals surface area contributed by atoms with Gasteiger partial charge in [-0.15, -0.1) is 0 Å². The highest BCUT2D eigenvalue weighted by Crippen LogP contribution is 2.30. The van der Waals surface area contributed by atoms with Crippen molar-refractivity contribution < 1.29 is 64.6 Å². The minimum Gasteiger partial charge on any atom is -0.394 e. The predicted molar refractivity (Wildman–Crippen MR) is 350 cm³/mol. The fourth-order valence-electron chi connectivity index (χ4n) is 11.4. The van der Waals surface area contributed by atoms with Crippen molar-refractivity contribution in [2.45, 2.75) is 357 Å². The van der Waals surface area contributed by atoms with E-state index in [1.54, 1.807) is 0 Å². The lowest BCUT2D eigenvalue weighted by molar-refractivity contribution is -0.359. The van der Waals surface area contributed by atoms with E-state index in [1.807, 2.05) is 0 Å². The molecule has 0 aromatic rings. The van der Waals surface area contributed by atoms with Crippen molar-refractivity contribution in [3.63, 3.8) is 0 Å². The van der Waals surface area contributed by atoms with Crippen LogP contribution in [0.1, 0.15) is 284 Å². The van der Waals surface area contributed by atoms with Crippen LogP contribution in [0.15, 0.2) is 72.9 Å². The van der Waals surface area contributed by atoms with Crippen LogP contribution in [0, 0.1) is 0 Å². The molecule has 500 valence electrons. The molecule has 2 heterocycles. The van der Waals surface area contributed by atoms with Gasteiger partial charge in [-0.2, -0.15) is 0 Å². The zero-order chi connectivity index (χ0) is 62.3. The summed E-state index contributed by atoms with van der Waals surface area (Å²) in [5, 5.41) is 87.5. The molecule has 0 aliphatic carbocycles. The third-order valence-corrected chi connectivity index (χ3v) is 16.9. The molecule has 14 nitrogen and oxygen atoms in total. The number of hydrogen-bond acceptors (Lipinski definition) is 13. The van der Waals surface area contributed by atoms with Crippen molar-refractivity contribution in [3.8, 4) is 0 Å². The van der Waals surface area contributed by atoms with E-state index in [0.29, 0.717) is 12.8 Å². The number of nitrogens with one attached hydrogen (secondary N) is 1. The minimum atomic E-state index is -1.78. The normalized spacial score (nSPS) is 23.8. The van der Waals surface area contributed by atoms with E-state index in [9.17, 15) is 45.6 Å².